The third-order valence-corrected chi connectivity index (χ3v) is 4.44. The summed E-state index contributed by atoms with van der Waals surface area (Å²) < 4.78 is 4.67. The molecule has 3 amide bonds. The number of ether oxygens (including phenoxy) is 1. The fourth-order valence-electron chi connectivity index (χ4n) is 2.69. The number of rotatable bonds is 9. The standard InChI is InChI=1S/C19H27N3O4/c1-20-18(24)16(11-10-14-6-4-3-5-7-14)21-19(25)22(12-15-8-9-15)13-17(23)26-2/h3-7,15-16H,8-13H2,1-2H3,(H,20,24)(H,21,25). The van der Waals surface area contributed by atoms with Crippen molar-refractivity contribution in [1.82, 2.24) is 15.5 Å². The average Bonchev–Trinajstić information content (AvgIpc) is 3.48. The number of carbonyl (C=O) groups excluding carboxylic acids is 3. The Morgan fingerprint density at radius 3 is 2.50 bits per heavy atom. The molecule has 0 bridgehead atoms. The van der Waals surface area contributed by atoms with E-state index in [1.165, 1.54) is 12.0 Å². The summed E-state index contributed by atoms with van der Waals surface area (Å²) in [6.07, 6.45) is 3.25. The second kappa shape index (κ2) is 9.79. The zero-order valence-electron chi connectivity index (χ0n) is 15.4. The Hall–Kier alpha value is -2.57. The van der Waals surface area contributed by atoms with E-state index < -0.39 is 18.0 Å². The summed E-state index contributed by atoms with van der Waals surface area (Å²) in [7, 11) is 2.84. The molecule has 0 radical (unpaired) electrons. The van der Waals surface area contributed by atoms with Crippen LogP contribution in [-0.2, 0) is 20.7 Å². The lowest BCUT2D eigenvalue weighted by Crippen LogP contribution is -2.52. The summed E-state index contributed by atoms with van der Waals surface area (Å²) in [5.41, 5.74) is 1.10. The van der Waals surface area contributed by atoms with Gasteiger partial charge < -0.3 is 20.3 Å². The number of esters is 1. The molecule has 1 saturated carbocycles. The molecule has 7 nitrogen and oxygen atoms in total. The highest BCUT2D eigenvalue weighted by molar-refractivity contribution is 5.88. The van der Waals surface area contributed by atoms with Crippen LogP contribution in [0, 0.1) is 5.92 Å². The van der Waals surface area contributed by atoms with Gasteiger partial charge in [0, 0.05) is 13.6 Å². The highest BCUT2D eigenvalue weighted by Crippen LogP contribution is 2.29. The number of hydrogen-bond acceptors (Lipinski definition) is 4. The second-order valence-electron chi connectivity index (χ2n) is 6.54. The molecule has 2 rings (SSSR count). The van der Waals surface area contributed by atoms with Gasteiger partial charge in [-0.25, -0.2) is 4.79 Å². The number of likely N-dealkylation sites (N-methyl/N-ethyl adjacent to an activating group) is 1. The Morgan fingerprint density at radius 2 is 1.92 bits per heavy atom. The van der Waals surface area contributed by atoms with Crippen molar-refractivity contribution in [2.75, 3.05) is 27.2 Å². The normalized spacial score (nSPS) is 14.2. The Labute approximate surface area is 154 Å². The van der Waals surface area contributed by atoms with Crippen molar-refractivity contribution in [2.24, 2.45) is 5.92 Å². The number of benzene rings is 1. The number of nitrogens with zero attached hydrogens (tertiary/aromatic N) is 1. The van der Waals surface area contributed by atoms with E-state index in [2.05, 4.69) is 15.4 Å². The Kier molecular flexibility index (Phi) is 7.44. The fraction of sp³-hybridized carbons (Fsp3) is 0.526. The van der Waals surface area contributed by atoms with E-state index in [0.717, 1.165) is 18.4 Å². The maximum atomic E-state index is 12.6. The highest BCUT2D eigenvalue weighted by atomic mass is 16.5. The van der Waals surface area contributed by atoms with Crippen LogP contribution in [0.4, 0.5) is 4.79 Å². The van der Waals surface area contributed by atoms with Gasteiger partial charge in [-0.2, -0.15) is 0 Å². The lowest BCUT2D eigenvalue weighted by Gasteiger charge is -2.25. The van der Waals surface area contributed by atoms with Crippen molar-refractivity contribution in [1.29, 1.82) is 0 Å². The molecule has 142 valence electrons. The van der Waals surface area contributed by atoms with Gasteiger partial charge in [0.25, 0.3) is 0 Å². The second-order valence-corrected chi connectivity index (χ2v) is 6.54. The summed E-state index contributed by atoms with van der Waals surface area (Å²) in [4.78, 5) is 37.8. The SMILES string of the molecule is CNC(=O)C(CCc1ccccc1)NC(=O)N(CC(=O)OC)CC1CC1. The van der Waals surface area contributed by atoms with Gasteiger partial charge in [0.2, 0.25) is 5.91 Å². The monoisotopic (exact) mass is 361 g/mol. The van der Waals surface area contributed by atoms with Crippen LogP contribution in [0.2, 0.25) is 0 Å². The molecular weight excluding hydrogens is 334 g/mol. The molecule has 0 heterocycles. The molecule has 1 fully saturated rings. The highest BCUT2D eigenvalue weighted by Gasteiger charge is 2.30. The number of amides is 3. The molecule has 1 aliphatic rings. The van der Waals surface area contributed by atoms with E-state index >= 15 is 0 Å². The summed E-state index contributed by atoms with van der Waals surface area (Å²) in [5, 5.41) is 5.35. The molecule has 1 aromatic carbocycles. The first-order valence-electron chi connectivity index (χ1n) is 8.91. The summed E-state index contributed by atoms with van der Waals surface area (Å²) >= 11 is 0. The van der Waals surface area contributed by atoms with Crippen molar-refractivity contribution in [2.45, 2.75) is 31.7 Å². The maximum absolute atomic E-state index is 12.6. The number of aryl methyl sites for hydroxylation is 1. The van der Waals surface area contributed by atoms with Crippen LogP contribution in [0.5, 0.6) is 0 Å². The lowest BCUT2D eigenvalue weighted by molar-refractivity contribution is -0.141. The lowest BCUT2D eigenvalue weighted by atomic mass is 10.0. The first kappa shape index (κ1) is 19.8. The first-order valence-corrected chi connectivity index (χ1v) is 8.91. The molecule has 0 aromatic heterocycles. The predicted molar refractivity (Wildman–Crippen MR) is 97.5 cm³/mol. The van der Waals surface area contributed by atoms with E-state index in [9.17, 15) is 14.4 Å². The Morgan fingerprint density at radius 1 is 1.23 bits per heavy atom. The van der Waals surface area contributed by atoms with Crippen LogP contribution >= 0.6 is 0 Å². The minimum Gasteiger partial charge on any atom is -0.468 e. The van der Waals surface area contributed by atoms with E-state index in [4.69, 9.17) is 0 Å². The zero-order chi connectivity index (χ0) is 18.9. The molecule has 1 aromatic rings. The molecule has 26 heavy (non-hydrogen) atoms. The van der Waals surface area contributed by atoms with Crippen LogP contribution in [-0.4, -0.2) is 56.1 Å². The van der Waals surface area contributed by atoms with Crippen LogP contribution in [0.1, 0.15) is 24.8 Å². The Bertz CT molecular complexity index is 616. The molecule has 1 unspecified atom stereocenters. The van der Waals surface area contributed by atoms with Crippen molar-refractivity contribution < 1.29 is 19.1 Å². The van der Waals surface area contributed by atoms with Gasteiger partial charge in [-0.1, -0.05) is 30.3 Å². The number of urea groups is 1. The summed E-state index contributed by atoms with van der Waals surface area (Å²) in [6, 6.07) is 8.71. The van der Waals surface area contributed by atoms with Crippen molar-refractivity contribution in [3.63, 3.8) is 0 Å². The smallest absolute Gasteiger partial charge is 0.325 e. The molecule has 2 N–H and O–H groups in total. The quantitative estimate of drug-likeness (QED) is 0.650. The molecule has 0 saturated heterocycles. The molecule has 0 spiro atoms. The molecule has 7 heteroatoms. The minimum atomic E-state index is -0.660. The Balaban J connectivity index is 1.97. The van der Waals surface area contributed by atoms with Crippen LogP contribution in [0.3, 0.4) is 0 Å². The van der Waals surface area contributed by atoms with Gasteiger partial charge in [0.05, 0.1) is 7.11 Å². The van der Waals surface area contributed by atoms with Crippen molar-refractivity contribution in [3.05, 3.63) is 35.9 Å². The number of methoxy groups -OCH3 is 1. The van der Waals surface area contributed by atoms with Crippen molar-refractivity contribution in [3.8, 4) is 0 Å². The summed E-state index contributed by atoms with van der Waals surface area (Å²) in [5.74, 6) is -0.298. The topological polar surface area (TPSA) is 87.7 Å². The number of hydrogen-bond donors (Lipinski definition) is 2. The third kappa shape index (κ3) is 6.38. The van der Waals surface area contributed by atoms with E-state index in [1.807, 2.05) is 30.3 Å². The predicted octanol–water partition coefficient (Wildman–Crippen LogP) is 1.33. The van der Waals surface area contributed by atoms with Gasteiger partial charge in [-0.05, 0) is 37.2 Å². The van der Waals surface area contributed by atoms with Crippen LogP contribution in [0.15, 0.2) is 30.3 Å². The average molecular weight is 361 g/mol. The maximum Gasteiger partial charge on any atom is 0.325 e. The zero-order valence-corrected chi connectivity index (χ0v) is 15.4. The van der Waals surface area contributed by atoms with E-state index in [-0.39, 0.29) is 12.5 Å². The third-order valence-electron chi connectivity index (χ3n) is 4.44. The fourth-order valence-corrected chi connectivity index (χ4v) is 2.69. The van der Waals surface area contributed by atoms with E-state index in [1.54, 1.807) is 7.05 Å². The van der Waals surface area contributed by atoms with Gasteiger partial charge in [0.1, 0.15) is 12.6 Å². The van der Waals surface area contributed by atoms with Crippen LogP contribution in [0.25, 0.3) is 0 Å². The first-order chi connectivity index (χ1) is 12.5. The van der Waals surface area contributed by atoms with Crippen molar-refractivity contribution >= 4 is 17.9 Å². The van der Waals surface area contributed by atoms with Gasteiger partial charge >= 0.3 is 12.0 Å². The molecular formula is C19H27N3O4. The van der Waals surface area contributed by atoms with Gasteiger partial charge in [-0.15, -0.1) is 0 Å². The van der Waals surface area contributed by atoms with Gasteiger partial charge in [-0.3, -0.25) is 9.59 Å². The van der Waals surface area contributed by atoms with Crippen LogP contribution < -0.4 is 10.6 Å². The molecule has 1 aliphatic carbocycles. The largest absolute Gasteiger partial charge is 0.468 e. The van der Waals surface area contributed by atoms with E-state index in [0.29, 0.717) is 25.3 Å². The summed E-state index contributed by atoms with van der Waals surface area (Å²) in [6.45, 7) is 0.387. The van der Waals surface area contributed by atoms with Gasteiger partial charge in [0.15, 0.2) is 0 Å². The minimum absolute atomic E-state index is 0.113. The number of nitrogens with one attached hydrogen (secondary N) is 2. The molecule has 0 aliphatic heterocycles. The number of carbonyl (C=O) groups is 3. The molecule has 1 atom stereocenters.